The van der Waals surface area contributed by atoms with E-state index in [4.69, 9.17) is 0 Å². The van der Waals surface area contributed by atoms with Crippen LogP contribution < -0.4 is 5.56 Å². The topological polar surface area (TPSA) is 56.4 Å². The lowest BCUT2D eigenvalue weighted by Gasteiger charge is -2.34. The Morgan fingerprint density at radius 2 is 1.71 bits per heavy atom. The van der Waals surface area contributed by atoms with Crippen LogP contribution in [0.5, 0.6) is 0 Å². The molecule has 1 aromatic heterocycles. The van der Waals surface area contributed by atoms with Crippen LogP contribution >= 0.6 is 0 Å². The highest BCUT2D eigenvalue weighted by Gasteiger charge is 2.24. The van der Waals surface area contributed by atoms with Crippen LogP contribution in [0, 0.1) is 13.8 Å². The number of benzene rings is 2. The summed E-state index contributed by atoms with van der Waals surface area (Å²) in [6, 6.07) is 16.1. The number of hydrogen-bond donors (Lipinski definition) is 1. The fourth-order valence-corrected chi connectivity index (χ4v) is 3.97. The summed E-state index contributed by atoms with van der Waals surface area (Å²) in [4.78, 5) is 32.6. The molecule has 1 aliphatic heterocycles. The van der Waals surface area contributed by atoms with Gasteiger partial charge in [0, 0.05) is 32.7 Å². The highest BCUT2D eigenvalue weighted by Crippen LogP contribution is 2.19. The molecular formula is C23H25N3O2. The molecule has 1 saturated heterocycles. The van der Waals surface area contributed by atoms with Crippen molar-refractivity contribution in [2.75, 3.05) is 26.2 Å². The van der Waals surface area contributed by atoms with Gasteiger partial charge in [0.15, 0.2) is 0 Å². The molecule has 0 radical (unpaired) electrons. The molecule has 0 unspecified atom stereocenters. The predicted octanol–water partition coefficient (Wildman–Crippen LogP) is 3.10. The number of nitrogens with zero attached hydrogens (tertiary/aromatic N) is 2. The van der Waals surface area contributed by atoms with E-state index in [1.54, 1.807) is 11.0 Å². The second-order valence-electron chi connectivity index (χ2n) is 7.61. The Balaban J connectivity index is 1.49. The van der Waals surface area contributed by atoms with Crippen molar-refractivity contribution in [1.29, 1.82) is 0 Å². The molecule has 2 heterocycles. The van der Waals surface area contributed by atoms with Crippen LogP contribution in [0.1, 0.15) is 27.0 Å². The zero-order valence-electron chi connectivity index (χ0n) is 16.4. The average Bonchev–Trinajstić information content (AvgIpc) is 2.69. The molecule has 144 valence electrons. The van der Waals surface area contributed by atoms with E-state index in [9.17, 15) is 9.59 Å². The lowest BCUT2D eigenvalue weighted by Crippen LogP contribution is -2.49. The minimum absolute atomic E-state index is 0.179. The standard InChI is InChI=1S/C23H25N3O2/c1-16-12-17(2)21-19(13-16)14-20(22(27)24-21)23(28)26-10-8-25(9-11-26)15-18-6-4-3-5-7-18/h3-7,12-14H,8-11,15H2,1-2H3,(H,24,27). The van der Waals surface area contributed by atoms with Gasteiger partial charge in [-0.25, -0.2) is 0 Å². The van der Waals surface area contributed by atoms with Crippen molar-refractivity contribution in [3.8, 4) is 0 Å². The molecule has 4 rings (SSSR count). The summed E-state index contributed by atoms with van der Waals surface area (Å²) < 4.78 is 0. The Bertz CT molecular complexity index is 1060. The monoisotopic (exact) mass is 375 g/mol. The molecule has 1 fully saturated rings. The number of hydrogen-bond acceptors (Lipinski definition) is 3. The third-order valence-corrected chi connectivity index (χ3v) is 5.43. The molecular weight excluding hydrogens is 350 g/mol. The average molecular weight is 375 g/mol. The van der Waals surface area contributed by atoms with Gasteiger partial charge >= 0.3 is 0 Å². The lowest BCUT2D eigenvalue weighted by atomic mass is 10.0. The van der Waals surface area contributed by atoms with Crippen LogP contribution in [0.3, 0.4) is 0 Å². The fourth-order valence-electron chi connectivity index (χ4n) is 3.97. The first-order valence-electron chi connectivity index (χ1n) is 9.71. The van der Waals surface area contributed by atoms with E-state index >= 15 is 0 Å². The molecule has 0 bridgehead atoms. The molecule has 5 nitrogen and oxygen atoms in total. The maximum absolute atomic E-state index is 13.0. The van der Waals surface area contributed by atoms with Gasteiger partial charge in [0.2, 0.25) is 0 Å². The van der Waals surface area contributed by atoms with Crippen molar-refractivity contribution in [2.45, 2.75) is 20.4 Å². The first-order valence-corrected chi connectivity index (χ1v) is 9.71. The molecule has 28 heavy (non-hydrogen) atoms. The van der Waals surface area contributed by atoms with Crippen molar-refractivity contribution in [3.63, 3.8) is 0 Å². The Labute approximate surface area is 164 Å². The molecule has 5 heteroatoms. The summed E-state index contributed by atoms with van der Waals surface area (Å²) in [5.74, 6) is -0.179. The van der Waals surface area contributed by atoms with E-state index < -0.39 is 0 Å². The van der Waals surface area contributed by atoms with Crippen LogP contribution in [0.2, 0.25) is 0 Å². The number of pyridine rings is 1. The SMILES string of the molecule is Cc1cc(C)c2[nH]c(=O)c(C(=O)N3CCN(Cc4ccccc4)CC3)cc2c1. The minimum Gasteiger partial charge on any atom is -0.336 e. The molecule has 0 spiro atoms. The van der Waals surface area contributed by atoms with Gasteiger partial charge in [-0.2, -0.15) is 0 Å². The lowest BCUT2D eigenvalue weighted by molar-refractivity contribution is 0.0627. The maximum atomic E-state index is 13.0. The summed E-state index contributed by atoms with van der Waals surface area (Å²) >= 11 is 0. The van der Waals surface area contributed by atoms with Gasteiger partial charge in [0.25, 0.3) is 11.5 Å². The van der Waals surface area contributed by atoms with Gasteiger partial charge in [-0.1, -0.05) is 42.0 Å². The van der Waals surface area contributed by atoms with Gasteiger partial charge in [-0.05, 0) is 42.5 Å². The van der Waals surface area contributed by atoms with E-state index in [0.29, 0.717) is 13.1 Å². The van der Waals surface area contributed by atoms with Crippen molar-refractivity contribution in [1.82, 2.24) is 14.8 Å². The molecule has 0 aliphatic carbocycles. The number of fused-ring (bicyclic) bond motifs is 1. The van der Waals surface area contributed by atoms with E-state index in [1.807, 2.05) is 44.2 Å². The minimum atomic E-state index is -0.309. The predicted molar refractivity (Wildman–Crippen MR) is 112 cm³/mol. The second-order valence-corrected chi connectivity index (χ2v) is 7.61. The summed E-state index contributed by atoms with van der Waals surface area (Å²) in [6.45, 7) is 7.77. The zero-order chi connectivity index (χ0) is 19.7. The van der Waals surface area contributed by atoms with Crippen LogP contribution in [-0.2, 0) is 6.54 Å². The number of rotatable bonds is 3. The van der Waals surface area contributed by atoms with Crippen LogP contribution in [0.15, 0.2) is 53.3 Å². The summed E-state index contributed by atoms with van der Waals surface area (Å²) in [6.07, 6.45) is 0. The first-order chi connectivity index (χ1) is 13.5. The summed E-state index contributed by atoms with van der Waals surface area (Å²) in [5, 5.41) is 0.906. The zero-order valence-corrected chi connectivity index (χ0v) is 16.4. The Kier molecular flexibility index (Phi) is 5.01. The Morgan fingerprint density at radius 3 is 2.43 bits per heavy atom. The first kappa shape index (κ1) is 18.4. The highest BCUT2D eigenvalue weighted by atomic mass is 16.2. The molecule has 1 N–H and O–H groups in total. The second kappa shape index (κ2) is 7.60. The molecule has 0 atom stereocenters. The van der Waals surface area contributed by atoms with Crippen molar-refractivity contribution >= 4 is 16.8 Å². The third kappa shape index (κ3) is 3.71. The van der Waals surface area contributed by atoms with Gasteiger partial charge in [-0.15, -0.1) is 0 Å². The fraction of sp³-hybridized carbons (Fsp3) is 0.304. The van der Waals surface area contributed by atoms with Gasteiger partial charge in [0.05, 0.1) is 5.52 Å². The van der Waals surface area contributed by atoms with E-state index in [-0.39, 0.29) is 17.0 Å². The number of aromatic nitrogens is 1. The van der Waals surface area contributed by atoms with Crippen LogP contribution in [-0.4, -0.2) is 46.9 Å². The van der Waals surface area contributed by atoms with Gasteiger partial charge in [0.1, 0.15) is 5.56 Å². The van der Waals surface area contributed by atoms with Gasteiger partial charge in [-0.3, -0.25) is 14.5 Å². The van der Waals surface area contributed by atoms with Crippen molar-refractivity contribution in [2.24, 2.45) is 0 Å². The van der Waals surface area contributed by atoms with E-state index in [0.717, 1.165) is 41.7 Å². The number of piperazine rings is 1. The van der Waals surface area contributed by atoms with Crippen LogP contribution in [0.4, 0.5) is 0 Å². The maximum Gasteiger partial charge on any atom is 0.261 e. The molecule has 0 saturated carbocycles. The summed E-state index contributed by atoms with van der Waals surface area (Å²) in [7, 11) is 0. The Hall–Kier alpha value is -2.92. The van der Waals surface area contributed by atoms with E-state index in [2.05, 4.69) is 22.0 Å². The van der Waals surface area contributed by atoms with Crippen LogP contribution in [0.25, 0.3) is 10.9 Å². The largest absolute Gasteiger partial charge is 0.336 e. The number of amides is 1. The summed E-state index contributed by atoms with van der Waals surface area (Å²) in [5.41, 5.74) is 4.13. The quantitative estimate of drug-likeness (QED) is 0.765. The normalized spacial score (nSPS) is 15.1. The number of H-pyrrole nitrogens is 1. The number of nitrogens with one attached hydrogen (secondary N) is 1. The molecule has 2 aromatic carbocycles. The number of aromatic amines is 1. The number of carbonyl (C=O) groups excluding carboxylic acids is 1. The van der Waals surface area contributed by atoms with Gasteiger partial charge < -0.3 is 9.88 Å². The molecule has 1 amide bonds. The van der Waals surface area contributed by atoms with Crippen molar-refractivity contribution in [3.05, 3.63) is 81.1 Å². The van der Waals surface area contributed by atoms with Crippen molar-refractivity contribution < 1.29 is 4.79 Å². The third-order valence-electron chi connectivity index (χ3n) is 5.43. The van der Waals surface area contributed by atoms with E-state index in [1.165, 1.54) is 5.56 Å². The number of aryl methyl sites for hydroxylation is 2. The smallest absolute Gasteiger partial charge is 0.261 e. The molecule has 1 aliphatic rings. The number of carbonyl (C=O) groups is 1. The Morgan fingerprint density at radius 1 is 1.00 bits per heavy atom. The molecule has 3 aromatic rings. The highest BCUT2D eigenvalue weighted by molar-refractivity contribution is 5.97.